The van der Waals surface area contributed by atoms with E-state index in [1.807, 2.05) is 12.1 Å². The van der Waals surface area contributed by atoms with E-state index in [2.05, 4.69) is 26.1 Å². The van der Waals surface area contributed by atoms with Gasteiger partial charge in [-0.3, -0.25) is 9.69 Å². The molecule has 6 nitrogen and oxygen atoms in total. The van der Waals surface area contributed by atoms with Crippen LogP contribution in [0.15, 0.2) is 18.2 Å². The van der Waals surface area contributed by atoms with Crippen LogP contribution in [0, 0.1) is 0 Å². The Morgan fingerprint density at radius 1 is 0.926 bits per heavy atom. The molecular weight excluding hydrogens is 340 g/mol. The lowest BCUT2D eigenvalue weighted by Gasteiger charge is -2.39. The Morgan fingerprint density at radius 2 is 1.63 bits per heavy atom. The van der Waals surface area contributed by atoms with Gasteiger partial charge in [0, 0.05) is 57.1 Å². The van der Waals surface area contributed by atoms with Crippen LogP contribution in [-0.2, 0) is 11.2 Å². The van der Waals surface area contributed by atoms with Gasteiger partial charge in [-0.05, 0) is 50.0 Å². The lowest BCUT2D eigenvalue weighted by Crippen LogP contribution is -2.50. The molecule has 0 saturated carbocycles. The van der Waals surface area contributed by atoms with Crippen molar-refractivity contribution in [1.29, 1.82) is 0 Å². The van der Waals surface area contributed by atoms with Crippen LogP contribution in [0.2, 0.25) is 0 Å². The third kappa shape index (κ3) is 4.62. The van der Waals surface area contributed by atoms with E-state index >= 15 is 0 Å². The van der Waals surface area contributed by atoms with Gasteiger partial charge in [-0.1, -0.05) is 12.5 Å². The Labute approximate surface area is 162 Å². The van der Waals surface area contributed by atoms with Crippen LogP contribution in [0.4, 0.5) is 11.4 Å². The number of carbonyl (C=O) groups is 1. The third-order valence-electron chi connectivity index (χ3n) is 6.13. The molecule has 0 aliphatic carbocycles. The van der Waals surface area contributed by atoms with Gasteiger partial charge in [0.15, 0.2) is 0 Å². The molecule has 1 amide bonds. The Hall–Kier alpha value is -1.63. The molecule has 3 aliphatic rings. The molecule has 1 aromatic carbocycles. The van der Waals surface area contributed by atoms with Crippen molar-refractivity contribution in [2.45, 2.75) is 38.2 Å². The highest BCUT2D eigenvalue weighted by Gasteiger charge is 2.25. The molecule has 1 atom stereocenters. The maximum Gasteiger partial charge on any atom is 0.224 e. The van der Waals surface area contributed by atoms with E-state index in [0.717, 1.165) is 64.5 Å². The minimum Gasteiger partial charge on any atom is -0.390 e. The standard InChI is InChI=1S/C21H32N4O2/c26-17(15-23-9-2-1-3-10-23)16-24-11-13-25(14-12-24)20-6-4-5-19-18(20)7-8-21(27)22-19/h4-6,17,26H,1-3,7-16H2,(H,22,27). The molecule has 1 aromatic rings. The van der Waals surface area contributed by atoms with Crippen molar-refractivity contribution < 1.29 is 9.90 Å². The van der Waals surface area contributed by atoms with Gasteiger partial charge in [-0.2, -0.15) is 0 Å². The zero-order chi connectivity index (χ0) is 18.6. The Morgan fingerprint density at radius 3 is 2.37 bits per heavy atom. The third-order valence-corrected chi connectivity index (χ3v) is 6.13. The Kier molecular flexibility index (Phi) is 5.95. The number of hydrogen-bond acceptors (Lipinski definition) is 5. The van der Waals surface area contributed by atoms with Gasteiger partial charge < -0.3 is 20.2 Å². The first-order chi connectivity index (χ1) is 13.2. The summed E-state index contributed by atoms with van der Waals surface area (Å²) >= 11 is 0. The molecule has 3 aliphatic heterocycles. The van der Waals surface area contributed by atoms with Crippen molar-refractivity contribution in [2.24, 2.45) is 0 Å². The molecule has 148 valence electrons. The largest absolute Gasteiger partial charge is 0.390 e. The number of piperazine rings is 1. The first-order valence-electron chi connectivity index (χ1n) is 10.5. The summed E-state index contributed by atoms with van der Waals surface area (Å²) in [6.07, 6.45) is 5.02. The minimum atomic E-state index is -0.255. The molecule has 0 bridgehead atoms. The molecule has 27 heavy (non-hydrogen) atoms. The fraction of sp³-hybridized carbons (Fsp3) is 0.667. The average molecular weight is 373 g/mol. The van der Waals surface area contributed by atoms with Gasteiger partial charge in [-0.25, -0.2) is 0 Å². The summed E-state index contributed by atoms with van der Waals surface area (Å²) < 4.78 is 0. The monoisotopic (exact) mass is 372 g/mol. The zero-order valence-electron chi connectivity index (χ0n) is 16.2. The predicted octanol–water partition coefficient (Wildman–Crippen LogP) is 1.54. The van der Waals surface area contributed by atoms with Crippen LogP contribution < -0.4 is 10.2 Å². The van der Waals surface area contributed by atoms with Crippen LogP contribution in [-0.4, -0.2) is 79.3 Å². The van der Waals surface area contributed by atoms with Gasteiger partial charge in [-0.15, -0.1) is 0 Å². The van der Waals surface area contributed by atoms with Crippen molar-refractivity contribution in [3.8, 4) is 0 Å². The number of piperidine rings is 1. The SMILES string of the molecule is O=C1CCc2c(cccc2N2CCN(CC(O)CN3CCCCC3)CC2)N1. The number of amides is 1. The van der Waals surface area contributed by atoms with Crippen molar-refractivity contribution in [3.05, 3.63) is 23.8 Å². The molecule has 0 radical (unpaired) electrons. The molecule has 0 aromatic heterocycles. The molecule has 2 N–H and O–H groups in total. The van der Waals surface area contributed by atoms with Gasteiger partial charge >= 0.3 is 0 Å². The number of hydrogen-bond donors (Lipinski definition) is 2. The molecule has 2 saturated heterocycles. The van der Waals surface area contributed by atoms with E-state index in [-0.39, 0.29) is 12.0 Å². The van der Waals surface area contributed by atoms with E-state index in [1.54, 1.807) is 0 Å². The summed E-state index contributed by atoms with van der Waals surface area (Å²) in [6.45, 7) is 7.77. The Bertz CT molecular complexity index is 652. The quantitative estimate of drug-likeness (QED) is 0.821. The normalized spacial score (nSPS) is 23.0. The maximum absolute atomic E-state index is 11.6. The first-order valence-corrected chi connectivity index (χ1v) is 10.5. The molecule has 4 rings (SSSR count). The van der Waals surface area contributed by atoms with Crippen molar-refractivity contribution in [3.63, 3.8) is 0 Å². The van der Waals surface area contributed by atoms with Crippen molar-refractivity contribution in [2.75, 3.05) is 62.6 Å². The van der Waals surface area contributed by atoms with E-state index < -0.39 is 0 Å². The number of aliphatic hydroxyl groups excluding tert-OH is 1. The van der Waals surface area contributed by atoms with Crippen molar-refractivity contribution in [1.82, 2.24) is 9.80 Å². The summed E-state index contributed by atoms with van der Waals surface area (Å²) in [5, 5.41) is 13.5. The minimum absolute atomic E-state index is 0.118. The second-order valence-corrected chi connectivity index (χ2v) is 8.15. The number of carbonyl (C=O) groups excluding carboxylic acids is 1. The second kappa shape index (κ2) is 8.59. The Balaban J connectivity index is 1.29. The number of likely N-dealkylation sites (tertiary alicyclic amines) is 1. The number of fused-ring (bicyclic) bond motifs is 1. The topological polar surface area (TPSA) is 59.1 Å². The van der Waals surface area contributed by atoms with Gasteiger partial charge in [0.2, 0.25) is 5.91 Å². The predicted molar refractivity (Wildman–Crippen MR) is 108 cm³/mol. The lowest BCUT2D eigenvalue weighted by atomic mass is 10.00. The summed E-state index contributed by atoms with van der Waals surface area (Å²) in [5.74, 6) is 0.118. The number of rotatable bonds is 5. The van der Waals surface area contributed by atoms with E-state index in [0.29, 0.717) is 6.42 Å². The lowest BCUT2D eigenvalue weighted by molar-refractivity contribution is -0.116. The van der Waals surface area contributed by atoms with E-state index in [9.17, 15) is 9.90 Å². The molecule has 0 spiro atoms. The first kappa shape index (κ1) is 18.7. The molecule has 1 unspecified atom stereocenters. The van der Waals surface area contributed by atoms with Crippen LogP contribution >= 0.6 is 0 Å². The number of nitrogens with one attached hydrogen (secondary N) is 1. The fourth-order valence-electron chi connectivity index (χ4n) is 4.67. The van der Waals surface area contributed by atoms with Gasteiger partial charge in [0.05, 0.1) is 6.10 Å². The van der Waals surface area contributed by atoms with Crippen LogP contribution in [0.3, 0.4) is 0 Å². The summed E-state index contributed by atoms with van der Waals surface area (Å²) in [6, 6.07) is 6.22. The number of aliphatic hydroxyl groups is 1. The number of anilines is 2. The van der Waals surface area contributed by atoms with E-state index in [4.69, 9.17) is 0 Å². The highest BCUT2D eigenvalue weighted by Crippen LogP contribution is 2.32. The zero-order valence-corrected chi connectivity index (χ0v) is 16.2. The summed E-state index contributed by atoms with van der Waals surface area (Å²) in [7, 11) is 0. The molecule has 6 heteroatoms. The van der Waals surface area contributed by atoms with E-state index in [1.165, 1.54) is 30.5 Å². The average Bonchev–Trinajstić information content (AvgIpc) is 2.68. The van der Waals surface area contributed by atoms with Crippen LogP contribution in [0.5, 0.6) is 0 Å². The van der Waals surface area contributed by atoms with Crippen molar-refractivity contribution >= 4 is 17.3 Å². The summed E-state index contributed by atoms with van der Waals surface area (Å²) in [4.78, 5) is 18.9. The van der Waals surface area contributed by atoms with Gasteiger partial charge in [0.1, 0.15) is 0 Å². The van der Waals surface area contributed by atoms with Gasteiger partial charge in [0.25, 0.3) is 0 Å². The number of benzene rings is 1. The molecular formula is C21H32N4O2. The summed E-state index contributed by atoms with van der Waals surface area (Å²) in [5.41, 5.74) is 3.51. The molecule has 3 heterocycles. The van der Waals surface area contributed by atoms with Crippen LogP contribution in [0.1, 0.15) is 31.2 Å². The second-order valence-electron chi connectivity index (χ2n) is 8.15. The highest BCUT2D eigenvalue weighted by atomic mass is 16.3. The molecule has 2 fully saturated rings. The number of β-amino-alcohol motifs (C(OH)–C–C–N with tert-alkyl or cyclic N) is 1. The maximum atomic E-state index is 11.6. The number of nitrogens with zero attached hydrogens (tertiary/aromatic N) is 3. The van der Waals surface area contributed by atoms with Crippen LogP contribution in [0.25, 0.3) is 0 Å². The fourth-order valence-corrected chi connectivity index (χ4v) is 4.67. The highest BCUT2D eigenvalue weighted by molar-refractivity contribution is 5.95. The smallest absolute Gasteiger partial charge is 0.224 e.